The molecule has 0 saturated heterocycles. The predicted molar refractivity (Wildman–Crippen MR) is 102 cm³/mol. The molecule has 1 unspecified atom stereocenters. The molecule has 0 aliphatic heterocycles. The zero-order valence-corrected chi connectivity index (χ0v) is 16.6. The molecule has 1 aliphatic rings. The number of phenolic OH excluding ortho intramolecular Hbond substituents is 2. The molecule has 0 bridgehead atoms. The normalized spacial score (nSPS) is 24.6. The molecule has 1 fully saturated rings. The van der Waals surface area contributed by atoms with Gasteiger partial charge in [-0.3, -0.25) is 0 Å². The molecule has 4 nitrogen and oxygen atoms in total. The molecular formula is C20H32O4S. The van der Waals surface area contributed by atoms with Crippen molar-refractivity contribution in [1.29, 1.82) is 0 Å². The van der Waals surface area contributed by atoms with Gasteiger partial charge in [0.15, 0.2) is 0 Å². The van der Waals surface area contributed by atoms with E-state index in [1.807, 2.05) is 0 Å². The SMILES string of the molecule is CC1CC[C@@H](C(C)C)[C@H](c2c(O)cc(O)cc2CCCS(C)(=O)=O)C1. The van der Waals surface area contributed by atoms with Crippen molar-refractivity contribution >= 4 is 9.84 Å². The van der Waals surface area contributed by atoms with E-state index in [4.69, 9.17) is 0 Å². The summed E-state index contributed by atoms with van der Waals surface area (Å²) in [6.45, 7) is 6.72. The number of rotatable bonds is 6. The lowest BCUT2D eigenvalue weighted by molar-refractivity contribution is 0.194. The van der Waals surface area contributed by atoms with Crippen molar-refractivity contribution in [2.45, 2.75) is 58.8 Å². The molecule has 3 atom stereocenters. The molecule has 5 heteroatoms. The number of hydrogen-bond donors (Lipinski definition) is 2. The summed E-state index contributed by atoms with van der Waals surface area (Å²) in [7, 11) is -3.01. The third-order valence-corrected chi connectivity index (χ3v) is 6.61. The maximum Gasteiger partial charge on any atom is 0.147 e. The average molecular weight is 369 g/mol. The molecule has 1 aliphatic carbocycles. The van der Waals surface area contributed by atoms with Crippen LogP contribution in [0.25, 0.3) is 0 Å². The van der Waals surface area contributed by atoms with Crippen molar-refractivity contribution in [2.24, 2.45) is 17.8 Å². The maximum absolute atomic E-state index is 11.4. The van der Waals surface area contributed by atoms with Crippen molar-refractivity contribution in [3.8, 4) is 11.5 Å². The standard InChI is InChI=1S/C20H32O4S/c1-13(2)17-8-7-14(3)10-18(17)20-15(6-5-9-25(4,23)24)11-16(21)12-19(20)22/h11-14,17-18,21-22H,5-10H2,1-4H3/t14?,17-,18+/m0/s1. The van der Waals surface area contributed by atoms with Gasteiger partial charge in [-0.05, 0) is 61.0 Å². The van der Waals surface area contributed by atoms with Crippen LogP contribution in [0.4, 0.5) is 0 Å². The van der Waals surface area contributed by atoms with Crippen molar-refractivity contribution in [1.82, 2.24) is 0 Å². The van der Waals surface area contributed by atoms with Crippen LogP contribution in [0, 0.1) is 17.8 Å². The van der Waals surface area contributed by atoms with E-state index in [0.29, 0.717) is 30.6 Å². The van der Waals surface area contributed by atoms with Gasteiger partial charge in [-0.15, -0.1) is 0 Å². The molecule has 1 aromatic carbocycles. The minimum atomic E-state index is -3.01. The van der Waals surface area contributed by atoms with E-state index < -0.39 is 9.84 Å². The van der Waals surface area contributed by atoms with E-state index in [9.17, 15) is 18.6 Å². The van der Waals surface area contributed by atoms with Gasteiger partial charge in [0.05, 0.1) is 5.75 Å². The van der Waals surface area contributed by atoms with E-state index in [0.717, 1.165) is 24.0 Å². The Balaban J connectivity index is 2.36. The Kier molecular flexibility index (Phi) is 6.41. The lowest BCUT2D eigenvalue weighted by Gasteiger charge is -2.39. The van der Waals surface area contributed by atoms with Crippen molar-refractivity contribution < 1.29 is 18.6 Å². The molecule has 0 amide bonds. The molecule has 1 aromatic rings. The van der Waals surface area contributed by atoms with Crippen molar-refractivity contribution in [3.05, 3.63) is 23.3 Å². The van der Waals surface area contributed by atoms with Gasteiger partial charge < -0.3 is 10.2 Å². The number of phenols is 2. The summed E-state index contributed by atoms with van der Waals surface area (Å²) >= 11 is 0. The minimum absolute atomic E-state index is 0.0422. The summed E-state index contributed by atoms with van der Waals surface area (Å²) in [5.74, 6) is 2.21. The van der Waals surface area contributed by atoms with E-state index in [1.165, 1.54) is 18.7 Å². The average Bonchev–Trinajstić information content (AvgIpc) is 2.44. The lowest BCUT2D eigenvalue weighted by Crippen LogP contribution is -2.27. The number of sulfone groups is 1. The summed E-state index contributed by atoms with van der Waals surface area (Å²) in [5.41, 5.74) is 1.82. The van der Waals surface area contributed by atoms with Crippen LogP contribution in [0.15, 0.2) is 12.1 Å². The third-order valence-electron chi connectivity index (χ3n) is 5.58. The summed E-state index contributed by atoms with van der Waals surface area (Å²) in [5, 5.41) is 20.5. The zero-order valence-electron chi connectivity index (χ0n) is 15.8. The summed E-state index contributed by atoms with van der Waals surface area (Å²) in [4.78, 5) is 0. The number of aryl methyl sites for hydroxylation is 1. The summed E-state index contributed by atoms with van der Waals surface area (Å²) in [6, 6.07) is 3.13. The van der Waals surface area contributed by atoms with E-state index >= 15 is 0 Å². The first-order valence-corrected chi connectivity index (χ1v) is 11.4. The van der Waals surface area contributed by atoms with Crippen LogP contribution in [0.3, 0.4) is 0 Å². The molecule has 142 valence electrons. The molecule has 0 spiro atoms. The van der Waals surface area contributed by atoms with Crippen LogP contribution < -0.4 is 0 Å². The Morgan fingerprint density at radius 2 is 1.88 bits per heavy atom. The van der Waals surface area contributed by atoms with Gasteiger partial charge in [-0.2, -0.15) is 0 Å². The number of hydrogen-bond acceptors (Lipinski definition) is 4. The zero-order chi connectivity index (χ0) is 18.8. The summed E-state index contributed by atoms with van der Waals surface area (Å²) < 4.78 is 22.9. The van der Waals surface area contributed by atoms with Crippen LogP contribution in [0.2, 0.25) is 0 Å². The van der Waals surface area contributed by atoms with Gasteiger partial charge in [-0.1, -0.05) is 27.2 Å². The van der Waals surface area contributed by atoms with Gasteiger partial charge in [0.1, 0.15) is 21.3 Å². The monoisotopic (exact) mass is 368 g/mol. The number of benzene rings is 1. The van der Waals surface area contributed by atoms with Gasteiger partial charge in [-0.25, -0.2) is 8.42 Å². The highest BCUT2D eigenvalue weighted by Crippen LogP contribution is 2.48. The van der Waals surface area contributed by atoms with E-state index in [-0.39, 0.29) is 23.2 Å². The van der Waals surface area contributed by atoms with Gasteiger partial charge in [0, 0.05) is 17.9 Å². The second-order valence-corrected chi connectivity index (χ2v) is 10.5. The van der Waals surface area contributed by atoms with Crippen molar-refractivity contribution in [2.75, 3.05) is 12.0 Å². The highest BCUT2D eigenvalue weighted by atomic mass is 32.2. The Morgan fingerprint density at radius 3 is 2.48 bits per heavy atom. The molecule has 0 aromatic heterocycles. The van der Waals surface area contributed by atoms with Gasteiger partial charge in [0.2, 0.25) is 0 Å². The van der Waals surface area contributed by atoms with Crippen LogP contribution in [0.1, 0.15) is 63.5 Å². The predicted octanol–water partition coefficient (Wildman–Crippen LogP) is 4.25. The molecule has 25 heavy (non-hydrogen) atoms. The van der Waals surface area contributed by atoms with Crippen LogP contribution in [0.5, 0.6) is 11.5 Å². The fourth-order valence-corrected chi connectivity index (χ4v) is 5.04. The second kappa shape index (κ2) is 7.98. The van der Waals surface area contributed by atoms with Crippen LogP contribution in [-0.4, -0.2) is 30.6 Å². The van der Waals surface area contributed by atoms with Crippen LogP contribution in [-0.2, 0) is 16.3 Å². The molecule has 2 rings (SSSR count). The molecule has 0 heterocycles. The molecular weight excluding hydrogens is 336 g/mol. The Hall–Kier alpha value is -1.23. The first kappa shape index (κ1) is 20.1. The Morgan fingerprint density at radius 1 is 1.20 bits per heavy atom. The summed E-state index contributed by atoms with van der Waals surface area (Å²) in [6.07, 6.45) is 5.68. The minimum Gasteiger partial charge on any atom is -0.508 e. The van der Waals surface area contributed by atoms with Crippen LogP contribution >= 0.6 is 0 Å². The molecule has 0 radical (unpaired) electrons. The number of aromatic hydroxyl groups is 2. The molecule has 1 saturated carbocycles. The first-order valence-electron chi connectivity index (χ1n) is 9.31. The third kappa shape index (κ3) is 5.37. The topological polar surface area (TPSA) is 74.6 Å². The van der Waals surface area contributed by atoms with E-state index in [2.05, 4.69) is 20.8 Å². The van der Waals surface area contributed by atoms with Gasteiger partial charge >= 0.3 is 0 Å². The lowest BCUT2D eigenvalue weighted by atomic mass is 9.66. The quantitative estimate of drug-likeness (QED) is 0.787. The highest BCUT2D eigenvalue weighted by Gasteiger charge is 2.34. The second-order valence-electron chi connectivity index (χ2n) is 8.20. The van der Waals surface area contributed by atoms with Crippen molar-refractivity contribution in [3.63, 3.8) is 0 Å². The smallest absolute Gasteiger partial charge is 0.147 e. The maximum atomic E-state index is 11.4. The first-order chi connectivity index (χ1) is 11.6. The molecule has 2 N–H and O–H groups in total. The fourth-order valence-electron chi connectivity index (χ4n) is 4.37. The largest absolute Gasteiger partial charge is 0.508 e. The van der Waals surface area contributed by atoms with E-state index in [1.54, 1.807) is 6.07 Å². The van der Waals surface area contributed by atoms with Gasteiger partial charge in [0.25, 0.3) is 0 Å². The fraction of sp³-hybridized carbons (Fsp3) is 0.700. The Bertz CT molecular complexity index is 694. The Labute approximate surface area is 152 Å². The highest BCUT2D eigenvalue weighted by molar-refractivity contribution is 7.90.